The summed E-state index contributed by atoms with van der Waals surface area (Å²) < 4.78 is 7.33. The number of carbonyl (C=O) groups excluding carboxylic acids is 1. The van der Waals surface area contributed by atoms with Gasteiger partial charge in [0.2, 0.25) is 0 Å². The lowest BCUT2D eigenvalue weighted by Gasteiger charge is -2.39. The van der Waals surface area contributed by atoms with Gasteiger partial charge in [-0.25, -0.2) is 9.31 Å². The van der Waals surface area contributed by atoms with Gasteiger partial charge in [0, 0.05) is 24.3 Å². The number of carbonyl (C=O) groups is 2. The minimum Gasteiger partial charge on any atom is -0.492 e. The monoisotopic (exact) mass is 433 g/mol. The van der Waals surface area contributed by atoms with Crippen molar-refractivity contribution in [2.24, 2.45) is 0 Å². The van der Waals surface area contributed by atoms with Crippen LogP contribution in [0.4, 0.5) is 10.5 Å². The van der Waals surface area contributed by atoms with Gasteiger partial charge in [-0.3, -0.25) is 0 Å². The van der Waals surface area contributed by atoms with Crippen LogP contribution >= 0.6 is 0 Å². The van der Waals surface area contributed by atoms with E-state index in [9.17, 15) is 14.9 Å². The van der Waals surface area contributed by atoms with Gasteiger partial charge < -0.3 is 24.9 Å². The van der Waals surface area contributed by atoms with Crippen molar-refractivity contribution in [3.63, 3.8) is 0 Å². The summed E-state index contributed by atoms with van der Waals surface area (Å²) in [5.74, 6) is 0.666. The molecule has 0 spiro atoms. The van der Waals surface area contributed by atoms with Crippen molar-refractivity contribution in [3.05, 3.63) is 48.3 Å². The van der Waals surface area contributed by atoms with Gasteiger partial charge in [0.25, 0.3) is 0 Å². The Hall–Kier alpha value is -4.06. The second-order valence-corrected chi connectivity index (χ2v) is 7.72. The first-order valence-corrected chi connectivity index (χ1v) is 10.4. The third-order valence-corrected chi connectivity index (χ3v) is 5.80. The molecule has 3 heterocycles. The lowest BCUT2D eigenvalue weighted by molar-refractivity contribution is -0.113. The van der Waals surface area contributed by atoms with E-state index in [0.717, 1.165) is 22.3 Å². The van der Waals surface area contributed by atoms with E-state index in [2.05, 4.69) is 21.4 Å². The summed E-state index contributed by atoms with van der Waals surface area (Å²) in [5, 5.41) is 25.2. The van der Waals surface area contributed by atoms with Gasteiger partial charge in [0.05, 0.1) is 30.1 Å². The fourth-order valence-electron chi connectivity index (χ4n) is 4.15. The van der Waals surface area contributed by atoms with Crippen LogP contribution in [0.3, 0.4) is 0 Å². The van der Waals surface area contributed by atoms with Crippen LogP contribution in [-0.4, -0.2) is 52.3 Å². The highest BCUT2D eigenvalue weighted by Gasteiger charge is 2.36. The van der Waals surface area contributed by atoms with Crippen LogP contribution in [0, 0.1) is 11.3 Å². The van der Waals surface area contributed by atoms with Gasteiger partial charge in [0.15, 0.2) is 0 Å². The van der Waals surface area contributed by atoms with Gasteiger partial charge in [-0.1, -0.05) is 12.1 Å². The molecule has 4 rings (SSSR count). The average Bonchev–Trinajstić information content (AvgIpc) is 3.22. The molecule has 1 aliphatic rings. The number of pyridine rings is 1. The normalized spacial score (nSPS) is 15.2. The van der Waals surface area contributed by atoms with Crippen LogP contribution in [0.5, 0.6) is 5.75 Å². The summed E-state index contributed by atoms with van der Waals surface area (Å²) in [7, 11) is 0. The molecule has 2 aromatic heterocycles. The maximum absolute atomic E-state index is 11.5. The number of rotatable bonds is 6. The minimum atomic E-state index is -1.19. The number of nitriles is 1. The van der Waals surface area contributed by atoms with E-state index in [0.29, 0.717) is 50.1 Å². The molecule has 0 radical (unpaired) electrons. The van der Waals surface area contributed by atoms with E-state index in [1.54, 1.807) is 16.9 Å². The Morgan fingerprint density at radius 3 is 2.66 bits per heavy atom. The number of aldehydes is 1. The van der Waals surface area contributed by atoms with Gasteiger partial charge in [-0.2, -0.15) is 10.4 Å². The van der Waals surface area contributed by atoms with Crippen molar-refractivity contribution in [2.75, 3.05) is 24.6 Å². The predicted molar refractivity (Wildman–Crippen MR) is 118 cm³/mol. The topological polar surface area (TPSA) is 120 Å². The molecule has 1 amide bonds. The SMILES string of the molecule is CCOc1cc(-c2ccc(N3CCC(C=O)(NC(=O)O)CC3)cc2)c2c(C#N)cnn2c1. The predicted octanol–water partition coefficient (Wildman–Crippen LogP) is 3.08. The number of ether oxygens (including phenoxy) is 1. The number of nitrogens with one attached hydrogen (secondary N) is 1. The van der Waals surface area contributed by atoms with E-state index in [4.69, 9.17) is 9.84 Å². The molecular formula is C23H23N5O4. The number of hydrogen-bond donors (Lipinski definition) is 2. The zero-order valence-corrected chi connectivity index (χ0v) is 17.6. The fraction of sp³-hybridized carbons (Fsp3) is 0.304. The van der Waals surface area contributed by atoms with Crippen molar-refractivity contribution >= 4 is 23.6 Å². The maximum atomic E-state index is 11.5. The van der Waals surface area contributed by atoms with Crippen molar-refractivity contribution in [1.29, 1.82) is 5.26 Å². The Labute approximate surface area is 184 Å². The molecule has 0 unspecified atom stereocenters. The number of fused-ring (bicyclic) bond motifs is 1. The molecule has 0 saturated carbocycles. The highest BCUT2D eigenvalue weighted by Crippen LogP contribution is 2.33. The van der Waals surface area contributed by atoms with E-state index >= 15 is 0 Å². The zero-order chi connectivity index (χ0) is 22.7. The Morgan fingerprint density at radius 1 is 1.34 bits per heavy atom. The maximum Gasteiger partial charge on any atom is 0.405 e. The lowest BCUT2D eigenvalue weighted by Crippen LogP contribution is -2.56. The summed E-state index contributed by atoms with van der Waals surface area (Å²) in [6.07, 6.45) is 3.63. The van der Waals surface area contributed by atoms with Gasteiger partial charge >= 0.3 is 6.09 Å². The second kappa shape index (κ2) is 8.59. The summed E-state index contributed by atoms with van der Waals surface area (Å²) in [5.41, 5.74) is 2.93. The van der Waals surface area contributed by atoms with Crippen LogP contribution in [-0.2, 0) is 4.79 Å². The van der Waals surface area contributed by atoms with E-state index in [1.807, 2.05) is 37.3 Å². The second-order valence-electron chi connectivity index (χ2n) is 7.72. The number of benzene rings is 1. The molecule has 0 aliphatic carbocycles. The molecule has 164 valence electrons. The van der Waals surface area contributed by atoms with Crippen LogP contribution in [0.2, 0.25) is 0 Å². The zero-order valence-electron chi connectivity index (χ0n) is 17.6. The smallest absolute Gasteiger partial charge is 0.405 e. The summed E-state index contributed by atoms with van der Waals surface area (Å²) in [4.78, 5) is 24.6. The van der Waals surface area contributed by atoms with Crippen molar-refractivity contribution in [2.45, 2.75) is 25.3 Å². The molecule has 9 nitrogen and oxygen atoms in total. The number of amides is 1. The van der Waals surface area contributed by atoms with Crippen LogP contribution in [0.25, 0.3) is 16.6 Å². The van der Waals surface area contributed by atoms with E-state index < -0.39 is 11.6 Å². The molecule has 0 bridgehead atoms. The van der Waals surface area contributed by atoms with Crippen LogP contribution in [0.1, 0.15) is 25.3 Å². The lowest BCUT2D eigenvalue weighted by atomic mass is 9.89. The van der Waals surface area contributed by atoms with Gasteiger partial charge in [0.1, 0.15) is 23.6 Å². The van der Waals surface area contributed by atoms with Crippen LogP contribution in [0.15, 0.2) is 42.7 Å². The summed E-state index contributed by atoms with van der Waals surface area (Å²) >= 11 is 0. The van der Waals surface area contributed by atoms with Crippen LogP contribution < -0.4 is 15.0 Å². The summed E-state index contributed by atoms with van der Waals surface area (Å²) in [6.45, 7) is 3.55. The molecule has 1 aliphatic heterocycles. The number of nitrogens with zero attached hydrogens (tertiary/aromatic N) is 4. The fourth-order valence-corrected chi connectivity index (χ4v) is 4.15. The Balaban J connectivity index is 1.60. The average molecular weight is 433 g/mol. The number of piperidine rings is 1. The third-order valence-electron chi connectivity index (χ3n) is 5.80. The molecule has 0 atom stereocenters. The van der Waals surface area contributed by atoms with E-state index in [-0.39, 0.29) is 0 Å². The number of carboxylic acid groups (broad SMARTS) is 1. The highest BCUT2D eigenvalue weighted by molar-refractivity contribution is 5.85. The Morgan fingerprint density at radius 2 is 2.06 bits per heavy atom. The first kappa shape index (κ1) is 21.2. The Kier molecular flexibility index (Phi) is 5.69. The quantitative estimate of drug-likeness (QED) is 0.573. The molecule has 1 fully saturated rings. The molecule has 2 N–H and O–H groups in total. The Bertz CT molecular complexity index is 1190. The molecule has 32 heavy (non-hydrogen) atoms. The van der Waals surface area contributed by atoms with Crippen molar-refractivity contribution in [1.82, 2.24) is 14.9 Å². The third kappa shape index (κ3) is 3.95. The number of aromatic nitrogens is 2. The standard InChI is InChI=1S/C23H23N5O4/c1-2-32-19-11-20(21-17(12-24)13-25-28(21)14-19)16-3-5-18(6-4-16)27-9-7-23(15-29,8-10-27)26-22(30)31/h3-6,11,13-15,26H,2,7-10H2,1H3,(H,30,31). The molecule has 9 heteroatoms. The van der Waals surface area contributed by atoms with Crippen molar-refractivity contribution < 1.29 is 19.4 Å². The molecule has 3 aromatic rings. The summed E-state index contributed by atoms with van der Waals surface area (Å²) in [6, 6.07) is 12.0. The van der Waals surface area contributed by atoms with E-state index in [1.165, 1.54) is 0 Å². The number of anilines is 1. The first-order chi connectivity index (χ1) is 15.5. The van der Waals surface area contributed by atoms with Gasteiger partial charge in [-0.15, -0.1) is 0 Å². The molecule has 1 aromatic carbocycles. The number of hydrogen-bond acceptors (Lipinski definition) is 6. The van der Waals surface area contributed by atoms with Crippen molar-refractivity contribution in [3.8, 4) is 22.9 Å². The molecule has 1 saturated heterocycles. The first-order valence-electron chi connectivity index (χ1n) is 10.4. The minimum absolute atomic E-state index is 0.406. The molecular weight excluding hydrogens is 410 g/mol. The largest absolute Gasteiger partial charge is 0.492 e. The van der Waals surface area contributed by atoms with Gasteiger partial charge in [-0.05, 0) is 43.5 Å². The highest BCUT2D eigenvalue weighted by atomic mass is 16.5.